The molecule has 0 heterocycles. The van der Waals surface area contributed by atoms with Gasteiger partial charge < -0.3 is 5.11 Å². The lowest BCUT2D eigenvalue weighted by molar-refractivity contribution is -0.0547. The van der Waals surface area contributed by atoms with Crippen LogP contribution in [0.1, 0.15) is 57.1 Å². The zero-order chi connectivity index (χ0) is 14.6. The molecule has 1 aliphatic rings. The van der Waals surface area contributed by atoms with Crippen molar-refractivity contribution in [3.05, 3.63) is 35.4 Å². The predicted octanol–water partition coefficient (Wildman–Crippen LogP) is 4.02. The SMILES string of the molecule is CCCCCC(C)(O)C1(C#N)CCc2ccccc2C1. The van der Waals surface area contributed by atoms with Gasteiger partial charge >= 0.3 is 0 Å². The first-order valence-electron chi connectivity index (χ1n) is 7.75. The number of unbranched alkanes of at least 4 members (excludes halogenated alkanes) is 2. The average molecular weight is 271 g/mol. The fraction of sp³-hybridized carbons (Fsp3) is 0.611. The van der Waals surface area contributed by atoms with Crippen LogP contribution in [0.25, 0.3) is 0 Å². The van der Waals surface area contributed by atoms with E-state index < -0.39 is 11.0 Å². The molecule has 0 spiro atoms. The Morgan fingerprint density at radius 3 is 2.65 bits per heavy atom. The van der Waals surface area contributed by atoms with Gasteiger partial charge in [0, 0.05) is 0 Å². The van der Waals surface area contributed by atoms with Crippen molar-refractivity contribution in [3.8, 4) is 6.07 Å². The highest BCUT2D eigenvalue weighted by Crippen LogP contribution is 2.45. The van der Waals surface area contributed by atoms with Crippen LogP contribution in [-0.2, 0) is 12.8 Å². The van der Waals surface area contributed by atoms with Crippen molar-refractivity contribution in [1.29, 1.82) is 5.26 Å². The van der Waals surface area contributed by atoms with E-state index >= 15 is 0 Å². The second-order valence-electron chi connectivity index (χ2n) is 6.37. The van der Waals surface area contributed by atoms with Crippen LogP contribution in [0.5, 0.6) is 0 Å². The lowest BCUT2D eigenvalue weighted by Gasteiger charge is -2.43. The maximum atomic E-state index is 10.9. The number of hydrogen-bond acceptors (Lipinski definition) is 2. The Morgan fingerprint density at radius 1 is 1.30 bits per heavy atom. The van der Waals surface area contributed by atoms with E-state index in [4.69, 9.17) is 0 Å². The molecule has 0 radical (unpaired) electrons. The molecule has 0 aromatic heterocycles. The van der Waals surface area contributed by atoms with E-state index in [0.717, 1.165) is 38.5 Å². The summed E-state index contributed by atoms with van der Waals surface area (Å²) in [6.45, 7) is 4.02. The summed E-state index contributed by atoms with van der Waals surface area (Å²) < 4.78 is 0. The monoisotopic (exact) mass is 271 g/mol. The van der Waals surface area contributed by atoms with E-state index in [1.54, 1.807) is 0 Å². The maximum Gasteiger partial charge on any atom is 0.0900 e. The average Bonchev–Trinajstić information content (AvgIpc) is 2.46. The molecule has 2 atom stereocenters. The zero-order valence-corrected chi connectivity index (χ0v) is 12.7. The van der Waals surface area contributed by atoms with Gasteiger partial charge in [-0.15, -0.1) is 0 Å². The molecule has 2 unspecified atom stereocenters. The smallest absolute Gasteiger partial charge is 0.0900 e. The number of nitriles is 1. The van der Waals surface area contributed by atoms with Crippen LogP contribution < -0.4 is 0 Å². The number of rotatable bonds is 5. The summed E-state index contributed by atoms with van der Waals surface area (Å²) >= 11 is 0. The number of fused-ring (bicyclic) bond motifs is 1. The van der Waals surface area contributed by atoms with Crippen LogP contribution in [0.15, 0.2) is 24.3 Å². The summed E-state index contributed by atoms with van der Waals surface area (Å²) in [6, 6.07) is 10.8. The van der Waals surface area contributed by atoms with E-state index in [2.05, 4.69) is 31.2 Å². The van der Waals surface area contributed by atoms with Crippen molar-refractivity contribution in [2.24, 2.45) is 5.41 Å². The number of aryl methyl sites for hydroxylation is 1. The molecule has 0 amide bonds. The minimum atomic E-state index is -0.898. The van der Waals surface area contributed by atoms with E-state index in [0.29, 0.717) is 6.42 Å². The Labute approximate surface area is 122 Å². The Kier molecular flexibility index (Phi) is 4.50. The highest BCUT2D eigenvalue weighted by atomic mass is 16.3. The number of benzene rings is 1. The van der Waals surface area contributed by atoms with Gasteiger partial charge in [0.1, 0.15) is 0 Å². The van der Waals surface area contributed by atoms with Gasteiger partial charge in [0.25, 0.3) is 0 Å². The van der Waals surface area contributed by atoms with Gasteiger partial charge in [-0.25, -0.2) is 0 Å². The number of hydrogen-bond donors (Lipinski definition) is 1. The first-order valence-corrected chi connectivity index (χ1v) is 7.75. The van der Waals surface area contributed by atoms with Crippen molar-refractivity contribution >= 4 is 0 Å². The van der Waals surface area contributed by atoms with Gasteiger partial charge in [0.05, 0.1) is 17.1 Å². The molecule has 0 aliphatic heterocycles. The van der Waals surface area contributed by atoms with Gasteiger partial charge in [0.2, 0.25) is 0 Å². The Hall–Kier alpha value is -1.33. The Balaban J connectivity index is 2.21. The molecule has 2 rings (SSSR count). The molecule has 1 aromatic rings. The summed E-state index contributed by atoms with van der Waals surface area (Å²) in [5, 5.41) is 20.7. The molecule has 2 nitrogen and oxygen atoms in total. The zero-order valence-electron chi connectivity index (χ0n) is 12.7. The van der Waals surface area contributed by atoms with Gasteiger partial charge in [-0.3, -0.25) is 0 Å². The lowest BCUT2D eigenvalue weighted by Crippen LogP contribution is -2.48. The minimum absolute atomic E-state index is 0.630. The van der Waals surface area contributed by atoms with Crippen LogP contribution in [0, 0.1) is 16.7 Å². The van der Waals surface area contributed by atoms with Crippen molar-refractivity contribution < 1.29 is 5.11 Å². The third-order valence-electron chi connectivity index (χ3n) is 4.94. The predicted molar refractivity (Wildman–Crippen MR) is 81.3 cm³/mol. The fourth-order valence-corrected chi connectivity index (χ4v) is 3.37. The molecule has 0 bridgehead atoms. The van der Waals surface area contributed by atoms with Gasteiger partial charge in [-0.2, -0.15) is 5.26 Å². The summed E-state index contributed by atoms with van der Waals surface area (Å²) in [7, 11) is 0. The first kappa shape index (κ1) is 15.1. The van der Waals surface area contributed by atoms with Gasteiger partial charge in [-0.05, 0) is 43.7 Å². The molecule has 108 valence electrons. The van der Waals surface area contributed by atoms with Crippen molar-refractivity contribution in [2.45, 2.75) is 64.4 Å². The third kappa shape index (κ3) is 2.74. The normalized spacial score (nSPS) is 24.5. The standard InChI is InChI=1S/C18H25NO/c1-3-4-7-11-17(2,20)18(14-19)12-10-15-8-5-6-9-16(15)13-18/h5-6,8-9,20H,3-4,7,10-13H2,1-2H3. The molecule has 1 aromatic carbocycles. The van der Waals surface area contributed by atoms with E-state index in [1.165, 1.54) is 11.1 Å². The molecular weight excluding hydrogens is 246 g/mol. The van der Waals surface area contributed by atoms with Crippen molar-refractivity contribution in [1.82, 2.24) is 0 Å². The molecule has 0 fully saturated rings. The summed E-state index contributed by atoms with van der Waals surface area (Å²) in [5.74, 6) is 0. The Morgan fingerprint density at radius 2 is 2.00 bits per heavy atom. The van der Waals surface area contributed by atoms with Crippen molar-refractivity contribution in [2.75, 3.05) is 0 Å². The number of nitrogens with zero attached hydrogens (tertiary/aromatic N) is 1. The van der Waals surface area contributed by atoms with Gasteiger partial charge in [0.15, 0.2) is 0 Å². The van der Waals surface area contributed by atoms with Crippen LogP contribution in [0.4, 0.5) is 0 Å². The largest absolute Gasteiger partial charge is 0.389 e. The molecule has 0 saturated heterocycles. The second kappa shape index (κ2) is 5.97. The highest BCUT2D eigenvalue weighted by Gasteiger charge is 2.48. The topological polar surface area (TPSA) is 44.0 Å². The third-order valence-corrected chi connectivity index (χ3v) is 4.94. The molecular formula is C18H25NO. The van der Waals surface area contributed by atoms with Crippen LogP contribution >= 0.6 is 0 Å². The second-order valence-corrected chi connectivity index (χ2v) is 6.37. The Bertz CT molecular complexity index is 500. The molecule has 20 heavy (non-hydrogen) atoms. The quantitative estimate of drug-likeness (QED) is 0.822. The van der Waals surface area contributed by atoms with E-state index in [1.807, 2.05) is 13.0 Å². The number of aliphatic hydroxyl groups is 1. The maximum absolute atomic E-state index is 10.9. The van der Waals surface area contributed by atoms with Crippen molar-refractivity contribution in [3.63, 3.8) is 0 Å². The highest BCUT2D eigenvalue weighted by molar-refractivity contribution is 5.34. The van der Waals surface area contributed by atoms with Crippen LogP contribution in [0.2, 0.25) is 0 Å². The fourth-order valence-electron chi connectivity index (χ4n) is 3.37. The molecule has 1 N–H and O–H groups in total. The lowest BCUT2D eigenvalue weighted by atomic mass is 9.62. The minimum Gasteiger partial charge on any atom is -0.389 e. The summed E-state index contributed by atoms with van der Waals surface area (Å²) in [4.78, 5) is 0. The molecule has 1 aliphatic carbocycles. The van der Waals surface area contributed by atoms with Gasteiger partial charge in [-0.1, -0.05) is 50.5 Å². The van der Waals surface area contributed by atoms with E-state index in [9.17, 15) is 10.4 Å². The molecule has 2 heteroatoms. The summed E-state index contributed by atoms with van der Waals surface area (Å²) in [6.07, 6.45) is 6.31. The molecule has 0 saturated carbocycles. The first-order chi connectivity index (χ1) is 9.54. The summed E-state index contributed by atoms with van der Waals surface area (Å²) in [5.41, 5.74) is 1.04. The van der Waals surface area contributed by atoms with E-state index in [-0.39, 0.29) is 0 Å². The van der Waals surface area contributed by atoms with Crippen LogP contribution in [0.3, 0.4) is 0 Å². The van der Waals surface area contributed by atoms with Crippen LogP contribution in [-0.4, -0.2) is 10.7 Å².